The van der Waals surface area contributed by atoms with Crippen molar-refractivity contribution >= 4 is 50.5 Å². The van der Waals surface area contributed by atoms with Crippen molar-refractivity contribution < 1.29 is 48.9 Å². The van der Waals surface area contributed by atoms with Crippen LogP contribution in [0.2, 0.25) is 0 Å². The van der Waals surface area contributed by atoms with Crippen molar-refractivity contribution in [3.63, 3.8) is 0 Å². The van der Waals surface area contributed by atoms with Crippen molar-refractivity contribution in [3.05, 3.63) is 20.2 Å². The van der Waals surface area contributed by atoms with Gasteiger partial charge in [-0.15, -0.1) is 0 Å². The summed E-state index contributed by atoms with van der Waals surface area (Å²) in [5.74, 6) is 0.0463. The second-order valence-electron chi connectivity index (χ2n) is 5.03. The number of nitrogens with zero attached hydrogens (tertiary/aromatic N) is 1. The van der Waals surface area contributed by atoms with Crippen molar-refractivity contribution in [2.24, 2.45) is 0 Å². The van der Waals surface area contributed by atoms with Crippen LogP contribution >= 0.6 is 7.82 Å². The summed E-state index contributed by atoms with van der Waals surface area (Å²) in [5, 5.41) is 5.71. The van der Waals surface area contributed by atoms with E-state index in [1.807, 2.05) is 0 Å². The molecule has 1 aromatic rings. The Morgan fingerprint density at radius 2 is 1.93 bits per heavy atom. The first-order chi connectivity index (χ1) is 12.6. The van der Waals surface area contributed by atoms with E-state index in [0.717, 1.165) is 0 Å². The van der Waals surface area contributed by atoms with Crippen LogP contribution in [0.4, 0.5) is 17.5 Å². The molecule has 3 heterocycles. The minimum atomic E-state index is -5.17. The van der Waals surface area contributed by atoms with Gasteiger partial charge >= 0.3 is 25.3 Å². The zero-order valence-corrected chi connectivity index (χ0v) is 17.4. The molecule has 3 atom stereocenters. The second kappa shape index (κ2) is 8.88. The van der Waals surface area contributed by atoms with Crippen LogP contribution in [0.15, 0.2) is 14.6 Å². The summed E-state index contributed by atoms with van der Waals surface area (Å²) in [6.45, 7) is -0.591. The van der Waals surface area contributed by atoms with E-state index in [4.69, 9.17) is 42.5 Å². The molecule has 0 spiro atoms. The third-order valence-electron chi connectivity index (χ3n) is 3.33. The fourth-order valence-electron chi connectivity index (χ4n) is 2.32. The summed E-state index contributed by atoms with van der Waals surface area (Å²) in [5.41, 5.74) is 5.10. The van der Waals surface area contributed by atoms with E-state index in [9.17, 15) is 19.1 Å². The molecule has 0 saturated carbocycles. The monoisotopic (exact) mass is 521 g/mol. The molecule has 0 radical (unpaired) electrons. The van der Waals surface area contributed by atoms with E-state index < -0.39 is 56.9 Å². The second-order valence-corrected chi connectivity index (χ2v) is 7.39. The van der Waals surface area contributed by atoms with Crippen LogP contribution < -0.4 is 31.7 Å². The minimum absolute atomic E-state index is 0.0982. The summed E-state index contributed by atoms with van der Waals surface area (Å²) < 4.78 is 37.4. The van der Waals surface area contributed by atoms with Gasteiger partial charge in [-0.3, -0.25) is 9.78 Å². The van der Waals surface area contributed by atoms with Gasteiger partial charge in [-0.2, -0.15) is 14.8 Å². The number of phosphoric acid groups is 1. The Hall–Kier alpha value is -1.18. The Morgan fingerprint density at radius 3 is 2.52 bits per heavy atom. The Bertz CT molecular complexity index is 900. The van der Waals surface area contributed by atoms with Crippen molar-refractivity contribution in [3.8, 4) is 0 Å². The van der Waals surface area contributed by atoms with E-state index >= 15 is 0 Å². The summed E-state index contributed by atoms with van der Waals surface area (Å²) in [4.78, 5) is 39.7. The van der Waals surface area contributed by atoms with Crippen molar-refractivity contribution in [2.45, 2.75) is 18.4 Å². The molecule has 13 nitrogen and oxygen atoms in total. The maximum atomic E-state index is 11.9. The first kappa shape index (κ1) is 22.1. The van der Waals surface area contributed by atoms with Gasteiger partial charge in [0.25, 0.3) is 5.56 Å². The predicted octanol–water partition coefficient (Wildman–Crippen LogP) is -2.81. The molecule has 27 heavy (non-hydrogen) atoms. The number of anilines is 3. The van der Waals surface area contributed by atoms with Crippen LogP contribution in [-0.2, 0) is 64.4 Å². The number of nitrogens with two attached hydrogens (primary N) is 1. The van der Waals surface area contributed by atoms with Crippen LogP contribution in [0.3, 0.4) is 0 Å². The molecule has 0 aromatic carbocycles. The molecule has 0 saturated heterocycles. The number of phosphoric ester groups is 1. The first-order valence-electron chi connectivity index (χ1n) is 6.82. The summed E-state index contributed by atoms with van der Waals surface area (Å²) >= 11 is 8.35. The fourth-order valence-corrected chi connectivity index (χ4v) is 3.20. The third-order valence-corrected chi connectivity index (χ3v) is 4.88. The van der Waals surface area contributed by atoms with Crippen LogP contribution in [0.5, 0.6) is 0 Å². The van der Waals surface area contributed by atoms with Gasteiger partial charge in [-0.1, -0.05) is 0 Å². The van der Waals surface area contributed by atoms with E-state index in [-0.39, 0.29) is 27.3 Å². The number of ether oxygens (including phenoxy) is 1. The van der Waals surface area contributed by atoms with Crippen LogP contribution in [0.1, 0.15) is 0 Å². The quantitative estimate of drug-likeness (QED) is 0.180. The standard InChI is InChI=1S/C10H14N5O6PS2.Mo.2O/c11-10-14-7-4(8(16)15-10)12-3-6(24)5(23)2(21-9(3)13-7)1-20-22(17,18)19;;;/h2-3,9,12,23-24H,1H2,(H2,17,18,19)(H4,11,13,14,15,16);;;/q;+2;;/p-4. The number of nitrogen functional groups attached to an aromatic ring is 1. The number of H-pyrrole nitrogens is 1. The molecular weight excluding hydrogens is 509 g/mol. The number of aromatic amines is 1. The molecule has 5 N–H and O–H groups in total. The van der Waals surface area contributed by atoms with Crippen molar-refractivity contribution in [2.75, 3.05) is 23.0 Å². The van der Waals surface area contributed by atoms with Gasteiger partial charge in [-0.25, -0.2) is 0 Å². The number of nitrogens with one attached hydrogen (secondary N) is 3. The van der Waals surface area contributed by atoms with Crippen LogP contribution in [-0.4, -0.2) is 34.9 Å². The predicted molar refractivity (Wildman–Crippen MR) is 85.7 cm³/mol. The normalized spacial score (nSPS) is 23.6. The number of fused-ring (bicyclic) bond motifs is 2. The fraction of sp³-hybridized carbons (Fsp3) is 0.400. The number of aromatic nitrogens is 2. The number of hydrogen-bond acceptors (Lipinski definition) is 14. The van der Waals surface area contributed by atoms with Gasteiger partial charge in [0.05, 0.1) is 26.6 Å². The van der Waals surface area contributed by atoms with Crippen LogP contribution in [0.25, 0.3) is 0 Å². The molecule has 3 rings (SSSR count). The Labute approximate surface area is 170 Å². The molecule has 0 fully saturated rings. The zero-order chi connectivity index (χ0) is 20.4. The molecule has 148 valence electrons. The number of hydrogen-bond donors (Lipinski definition) is 4. The van der Waals surface area contributed by atoms with Gasteiger partial charge in [0.1, 0.15) is 5.69 Å². The average molecular weight is 519 g/mol. The molecule has 3 unspecified atom stereocenters. The molecule has 17 heteroatoms. The van der Waals surface area contributed by atoms with Crippen molar-refractivity contribution in [1.82, 2.24) is 9.97 Å². The van der Waals surface area contributed by atoms with E-state index in [0.29, 0.717) is 0 Å². The van der Waals surface area contributed by atoms with E-state index in [2.05, 4.69) is 25.1 Å². The summed E-state index contributed by atoms with van der Waals surface area (Å²) in [6, 6.07) is -0.658. The van der Waals surface area contributed by atoms with Gasteiger partial charge in [-0.05, 0) is 0 Å². The zero-order valence-electron chi connectivity index (χ0n) is 12.9. The van der Waals surface area contributed by atoms with Gasteiger partial charge < -0.3 is 65.2 Å². The van der Waals surface area contributed by atoms with Gasteiger partial charge in [0, 0.05) is 0 Å². The summed E-state index contributed by atoms with van der Waals surface area (Å²) in [7, 11) is -5.17. The summed E-state index contributed by atoms with van der Waals surface area (Å²) in [6.07, 6.45) is -1.82. The Balaban J connectivity index is 0.000000817. The molecule has 1 aromatic heterocycles. The molecule has 0 bridgehead atoms. The number of rotatable bonds is 3. The molecule has 2 aliphatic rings. The maximum absolute atomic E-state index is 11.9. The molecular formula is C10H10MoN5O8PS2-2. The topological polar surface area (TPSA) is 212 Å². The SMILES string of the molecule is Nc1nc2c(c(=O)[nH]1)NC1C([S-])=C([S-])C(COP(=O)([O-])[O-])OC1N2.[O]=[Mo+2]=[O]. The Kier molecular flexibility index (Phi) is 7.27. The average Bonchev–Trinajstić information content (AvgIpc) is 2.55. The third kappa shape index (κ3) is 5.42. The Morgan fingerprint density at radius 1 is 1.30 bits per heavy atom. The molecule has 0 amide bonds. The molecule has 0 aliphatic carbocycles. The first-order valence-corrected chi connectivity index (χ1v) is 10.7. The van der Waals surface area contributed by atoms with Crippen LogP contribution in [0, 0.1) is 0 Å². The van der Waals surface area contributed by atoms with E-state index in [1.54, 1.807) is 0 Å². The van der Waals surface area contributed by atoms with Crippen molar-refractivity contribution in [1.29, 1.82) is 0 Å². The van der Waals surface area contributed by atoms with E-state index in [1.165, 1.54) is 0 Å². The van der Waals surface area contributed by atoms with Gasteiger partial charge in [0.2, 0.25) is 5.95 Å². The molecule has 2 aliphatic heterocycles. The van der Waals surface area contributed by atoms with Gasteiger partial charge in [0.15, 0.2) is 12.0 Å².